The molecule has 0 radical (unpaired) electrons. The zero-order valence-electron chi connectivity index (χ0n) is 15.3. The minimum Gasteiger partial charge on any atom is -0.454 e. The molecule has 5 nitrogen and oxygen atoms in total. The Bertz CT molecular complexity index is 1090. The van der Waals surface area contributed by atoms with E-state index < -0.39 is 0 Å². The van der Waals surface area contributed by atoms with E-state index in [1.165, 1.54) is 17.5 Å². The maximum atomic E-state index is 12.1. The van der Waals surface area contributed by atoms with Gasteiger partial charge in [-0.3, -0.25) is 4.90 Å². The van der Waals surface area contributed by atoms with Gasteiger partial charge in [-0.15, -0.1) is 0 Å². The molecule has 1 aromatic heterocycles. The first-order valence-electron chi connectivity index (χ1n) is 9.31. The van der Waals surface area contributed by atoms with E-state index >= 15 is 0 Å². The maximum Gasteiger partial charge on any atom is 0.336 e. The van der Waals surface area contributed by atoms with E-state index in [1.54, 1.807) is 6.07 Å². The fourth-order valence-corrected chi connectivity index (χ4v) is 4.12. The Morgan fingerprint density at radius 3 is 2.67 bits per heavy atom. The monoisotopic (exact) mass is 363 g/mol. The van der Waals surface area contributed by atoms with Gasteiger partial charge < -0.3 is 13.9 Å². The van der Waals surface area contributed by atoms with Crippen molar-refractivity contribution in [3.63, 3.8) is 0 Å². The highest BCUT2D eigenvalue weighted by molar-refractivity contribution is 5.82. The van der Waals surface area contributed by atoms with Crippen molar-refractivity contribution in [1.82, 2.24) is 4.90 Å². The summed E-state index contributed by atoms with van der Waals surface area (Å²) in [6.45, 7) is 1.71. The van der Waals surface area contributed by atoms with Crippen LogP contribution < -0.4 is 15.1 Å². The Kier molecular flexibility index (Phi) is 3.90. The van der Waals surface area contributed by atoms with Crippen molar-refractivity contribution >= 4 is 11.0 Å². The second kappa shape index (κ2) is 6.43. The minimum absolute atomic E-state index is 0.282. The number of fused-ring (bicyclic) bond motifs is 3. The van der Waals surface area contributed by atoms with Gasteiger partial charge in [0.1, 0.15) is 5.58 Å². The SMILES string of the molecule is CN(Cc1ccc2c(c1)OCO2)Cc1cc(=O)oc2cc3c(cc12)CCC3. The van der Waals surface area contributed by atoms with Crippen LogP contribution in [0.15, 0.2) is 45.6 Å². The number of nitrogens with zero attached hydrogens (tertiary/aromatic N) is 1. The van der Waals surface area contributed by atoms with Crippen LogP contribution in [0.4, 0.5) is 0 Å². The highest BCUT2D eigenvalue weighted by Crippen LogP contribution is 2.33. The minimum atomic E-state index is -0.285. The van der Waals surface area contributed by atoms with Crippen molar-refractivity contribution in [2.75, 3.05) is 13.8 Å². The van der Waals surface area contributed by atoms with Gasteiger partial charge in [-0.1, -0.05) is 6.07 Å². The van der Waals surface area contributed by atoms with Gasteiger partial charge >= 0.3 is 5.63 Å². The molecule has 5 rings (SSSR count). The maximum absolute atomic E-state index is 12.1. The normalized spacial score (nSPS) is 14.9. The van der Waals surface area contributed by atoms with Gasteiger partial charge in [-0.05, 0) is 72.8 Å². The Morgan fingerprint density at radius 1 is 0.963 bits per heavy atom. The topological polar surface area (TPSA) is 51.9 Å². The van der Waals surface area contributed by atoms with Gasteiger partial charge in [-0.25, -0.2) is 4.79 Å². The number of benzene rings is 2. The highest BCUT2D eigenvalue weighted by atomic mass is 16.7. The predicted octanol–water partition coefficient (Wildman–Crippen LogP) is 3.64. The van der Waals surface area contributed by atoms with Crippen LogP contribution in [-0.4, -0.2) is 18.7 Å². The van der Waals surface area contributed by atoms with Crippen LogP contribution >= 0.6 is 0 Å². The molecule has 27 heavy (non-hydrogen) atoms. The molecule has 2 aromatic carbocycles. The first-order chi connectivity index (χ1) is 13.2. The Morgan fingerprint density at radius 2 is 1.78 bits per heavy atom. The third-order valence-corrected chi connectivity index (χ3v) is 5.37. The molecule has 138 valence electrons. The lowest BCUT2D eigenvalue weighted by molar-refractivity contribution is 0.174. The molecule has 0 unspecified atom stereocenters. The second-order valence-corrected chi connectivity index (χ2v) is 7.42. The molecular weight excluding hydrogens is 342 g/mol. The van der Waals surface area contributed by atoms with E-state index in [4.69, 9.17) is 13.9 Å². The zero-order chi connectivity index (χ0) is 18.4. The van der Waals surface area contributed by atoms with E-state index in [1.807, 2.05) is 18.2 Å². The summed E-state index contributed by atoms with van der Waals surface area (Å²) < 4.78 is 16.3. The molecule has 2 aliphatic rings. The number of hydrogen-bond acceptors (Lipinski definition) is 5. The number of rotatable bonds is 4. The third kappa shape index (κ3) is 3.08. The molecule has 2 heterocycles. The predicted molar refractivity (Wildman–Crippen MR) is 102 cm³/mol. The Balaban J connectivity index is 1.42. The highest BCUT2D eigenvalue weighted by Gasteiger charge is 2.17. The number of aryl methyl sites for hydroxylation is 2. The molecule has 5 heteroatoms. The van der Waals surface area contributed by atoms with E-state index in [2.05, 4.69) is 24.1 Å². The number of hydrogen-bond donors (Lipinski definition) is 0. The molecule has 3 aromatic rings. The first-order valence-corrected chi connectivity index (χ1v) is 9.31. The van der Waals surface area contributed by atoms with Crippen LogP contribution in [-0.2, 0) is 25.9 Å². The van der Waals surface area contributed by atoms with Gasteiger partial charge in [-0.2, -0.15) is 0 Å². The van der Waals surface area contributed by atoms with Gasteiger partial charge in [0, 0.05) is 24.5 Å². The zero-order valence-corrected chi connectivity index (χ0v) is 15.3. The fourth-order valence-electron chi connectivity index (χ4n) is 4.12. The largest absolute Gasteiger partial charge is 0.454 e. The van der Waals surface area contributed by atoms with Crippen LogP contribution in [0.25, 0.3) is 11.0 Å². The molecular formula is C22H21NO4. The fraction of sp³-hybridized carbons (Fsp3) is 0.318. The molecule has 0 atom stereocenters. The average molecular weight is 363 g/mol. The van der Waals surface area contributed by atoms with E-state index in [9.17, 15) is 4.79 Å². The summed E-state index contributed by atoms with van der Waals surface area (Å²) >= 11 is 0. The standard InChI is InChI=1S/C22H21NO4/c1-23(11-14-5-6-19-21(7-14)26-13-25-19)12-17-10-22(24)27-20-9-16-4-2-3-15(16)8-18(17)20/h5-10H,2-4,11-13H2,1H3. The quantitative estimate of drug-likeness (QED) is 0.663. The lowest BCUT2D eigenvalue weighted by Crippen LogP contribution is -2.18. The van der Waals surface area contributed by atoms with E-state index in [0.717, 1.165) is 47.4 Å². The Labute approximate surface area is 157 Å². The molecule has 0 bridgehead atoms. The summed E-state index contributed by atoms with van der Waals surface area (Å²) in [7, 11) is 2.05. The van der Waals surface area contributed by atoms with Crippen molar-refractivity contribution in [3.8, 4) is 11.5 Å². The van der Waals surface area contributed by atoms with Crippen LogP contribution in [0.1, 0.15) is 28.7 Å². The van der Waals surface area contributed by atoms with Crippen molar-refractivity contribution in [2.24, 2.45) is 0 Å². The number of ether oxygens (including phenoxy) is 2. The van der Waals surface area contributed by atoms with Crippen LogP contribution in [0.5, 0.6) is 11.5 Å². The molecule has 0 saturated carbocycles. The van der Waals surface area contributed by atoms with Crippen molar-refractivity contribution in [3.05, 3.63) is 69.1 Å². The van der Waals surface area contributed by atoms with E-state index in [0.29, 0.717) is 12.1 Å². The summed E-state index contributed by atoms with van der Waals surface area (Å²) in [6.07, 6.45) is 3.36. The first kappa shape index (κ1) is 16.4. The van der Waals surface area contributed by atoms with Crippen LogP contribution in [0.3, 0.4) is 0 Å². The third-order valence-electron chi connectivity index (χ3n) is 5.37. The van der Waals surface area contributed by atoms with E-state index in [-0.39, 0.29) is 12.4 Å². The molecule has 1 aliphatic carbocycles. The summed E-state index contributed by atoms with van der Waals surface area (Å²) in [5.74, 6) is 1.59. The van der Waals surface area contributed by atoms with Gasteiger partial charge in [0.2, 0.25) is 6.79 Å². The van der Waals surface area contributed by atoms with Crippen LogP contribution in [0, 0.1) is 0 Å². The molecule has 0 saturated heterocycles. The van der Waals surface area contributed by atoms with Crippen molar-refractivity contribution in [1.29, 1.82) is 0 Å². The molecule has 0 fully saturated rings. The van der Waals surface area contributed by atoms with Gasteiger partial charge in [0.05, 0.1) is 0 Å². The molecule has 0 spiro atoms. The van der Waals surface area contributed by atoms with Gasteiger partial charge in [0.25, 0.3) is 0 Å². The molecule has 1 aliphatic heterocycles. The molecule has 0 amide bonds. The Hall–Kier alpha value is -2.79. The summed E-state index contributed by atoms with van der Waals surface area (Å²) in [6, 6.07) is 11.9. The smallest absolute Gasteiger partial charge is 0.336 e. The lowest BCUT2D eigenvalue weighted by Gasteiger charge is -2.18. The molecule has 0 N–H and O–H groups in total. The van der Waals surface area contributed by atoms with Crippen molar-refractivity contribution < 1.29 is 13.9 Å². The summed E-state index contributed by atoms with van der Waals surface area (Å²) in [5, 5.41) is 1.05. The average Bonchev–Trinajstić information content (AvgIpc) is 3.27. The van der Waals surface area contributed by atoms with Crippen molar-refractivity contribution in [2.45, 2.75) is 32.4 Å². The van der Waals surface area contributed by atoms with Gasteiger partial charge in [0.15, 0.2) is 11.5 Å². The lowest BCUT2D eigenvalue weighted by atomic mass is 10.0. The summed E-state index contributed by atoms with van der Waals surface area (Å²) in [5.41, 5.74) is 5.28. The summed E-state index contributed by atoms with van der Waals surface area (Å²) in [4.78, 5) is 14.3. The van der Waals surface area contributed by atoms with Crippen LogP contribution in [0.2, 0.25) is 0 Å². The second-order valence-electron chi connectivity index (χ2n) is 7.42.